The molecule has 32 heavy (non-hydrogen) atoms. The molecule has 9 nitrogen and oxygen atoms in total. The topological polar surface area (TPSA) is 139 Å². The largest absolute Gasteiger partial charge is 0.369 e. The van der Waals surface area contributed by atoms with Gasteiger partial charge in [0.05, 0.1) is 10.8 Å². The van der Waals surface area contributed by atoms with Gasteiger partial charge in [-0.25, -0.2) is 21.6 Å². The van der Waals surface area contributed by atoms with Gasteiger partial charge in [0.25, 0.3) is 0 Å². The van der Waals surface area contributed by atoms with E-state index in [9.17, 15) is 21.6 Å². The maximum atomic E-state index is 13.0. The predicted molar refractivity (Wildman–Crippen MR) is 123 cm³/mol. The van der Waals surface area contributed by atoms with Gasteiger partial charge in [0, 0.05) is 25.0 Å². The Morgan fingerprint density at radius 2 is 1.94 bits per heavy atom. The SMILES string of the molecule is C=CS(=O)(=O)NCC1CCN(S(=O)(=O)c2ccc(C(CC3CCCNC3)C(N)=O)cc2)C1. The lowest BCUT2D eigenvalue weighted by Crippen LogP contribution is -2.33. The standard InChI is InChI=1S/C21H32N4O5S2/c1-2-31(27,28)24-14-17-9-11-25(15-17)32(29,30)19-7-5-18(6-8-19)20(21(22)26)12-16-4-3-10-23-13-16/h2,5-8,16-17,20,23-24H,1,3-4,9-15H2,(H2,22,26). The lowest BCUT2D eigenvalue weighted by molar-refractivity contribution is -0.119. The van der Waals surface area contributed by atoms with Crippen molar-refractivity contribution >= 4 is 26.0 Å². The lowest BCUT2D eigenvalue weighted by Gasteiger charge is -2.26. The van der Waals surface area contributed by atoms with Crippen LogP contribution >= 0.6 is 0 Å². The first-order valence-electron chi connectivity index (χ1n) is 10.8. The molecule has 2 aliphatic heterocycles. The van der Waals surface area contributed by atoms with E-state index in [0.29, 0.717) is 25.3 Å². The second kappa shape index (κ2) is 10.4. The monoisotopic (exact) mass is 484 g/mol. The van der Waals surface area contributed by atoms with Crippen LogP contribution in [0.4, 0.5) is 0 Å². The number of benzene rings is 1. The minimum absolute atomic E-state index is 0.109. The third kappa shape index (κ3) is 6.16. The summed E-state index contributed by atoms with van der Waals surface area (Å²) in [6.45, 7) is 5.81. The molecule has 3 atom stereocenters. The summed E-state index contributed by atoms with van der Waals surface area (Å²) in [6, 6.07) is 6.38. The number of nitrogens with one attached hydrogen (secondary N) is 2. The van der Waals surface area contributed by atoms with Crippen molar-refractivity contribution in [2.75, 3.05) is 32.7 Å². The van der Waals surface area contributed by atoms with Gasteiger partial charge >= 0.3 is 0 Å². The summed E-state index contributed by atoms with van der Waals surface area (Å²) < 4.78 is 52.9. The summed E-state index contributed by atoms with van der Waals surface area (Å²) >= 11 is 0. The Morgan fingerprint density at radius 1 is 1.22 bits per heavy atom. The Labute approximate surface area is 190 Å². The quantitative estimate of drug-likeness (QED) is 0.447. The lowest BCUT2D eigenvalue weighted by atomic mass is 9.85. The van der Waals surface area contributed by atoms with Crippen molar-refractivity contribution < 1.29 is 21.6 Å². The molecule has 0 saturated carbocycles. The number of primary amides is 1. The number of carbonyl (C=O) groups excluding carboxylic acids is 1. The van der Waals surface area contributed by atoms with Gasteiger partial charge in [-0.05, 0) is 68.3 Å². The average Bonchev–Trinajstić information content (AvgIpc) is 3.27. The van der Waals surface area contributed by atoms with Crippen molar-refractivity contribution in [3.8, 4) is 0 Å². The highest BCUT2D eigenvalue weighted by Gasteiger charge is 2.33. The molecule has 0 aromatic heterocycles. The van der Waals surface area contributed by atoms with Gasteiger partial charge in [0.2, 0.25) is 26.0 Å². The van der Waals surface area contributed by atoms with E-state index < -0.39 is 31.9 Å². The van der Waals surface area contributed by atoms with Crippen LogP contribution in [0.15, 0.2) is 41.1 Å². The summed E-state index contributed by atoms with van der Waals surface area (Å²) in [4.78, 5) is 12.2. The molecule has 3 rings (SSSR count). The van der Waals surface area contributed by atoms with E-state index in [4.69, 9.17) is 5.73 Å². The zero-order chi connectivity index (χ0) is 23.4. The van der Waals surface area contributed by atoms with Crippen molar-refractivity contribution in [1.29, 1.82) is 0 Å². The number of hydrogen-bond acceptors (Lipinski definition) is 6. The second-order valence-electron chi connectivity index (χ2n) is 8.55. The highest BCUT2D eigenvalue weighted by molar-refractivity contribution is 7.92. The van der Waals surface area contributed by atoms with E-state index in [2.05, 4.69) is 16.6 Å². The third-order valence-electron chi connectivity index (χ3n) is 6.27. The van der Waals surface area contributed by atoms with Crippen LogP contribution in [0.25, 0.3) is 0 Å². The van der Waals surface area contributed by atoms with Gasteiger partial charge in [-0.3, -0.25) is 4.79 Å². The maximum Gasteiger partial charge on any atom is 0.243 e. The molecule has 0 spiro atoms. The van der Waals surface area contributed by atoms with Crippen LogP contribution in [-0.2, 0) is 24.8 Å². The molecule has 1 aromatic rings. The molecule has 2 saturated heterocycles. The summed E-state index contributed by atoms with van der Waals surface area (Å²) in [5.74, 6) is -0.604. The summed E-state index contributed by atoms with van der Waals surface area (Å²) in [6.07, 6.45) is 3.32. The number of rotatable bonds is 10. The molecule has 1 amide bonds. The van der Waals surface area contributed by atoms with Gasteiger partial charge in [0.1, 0.15) is 0 Å². The van der Waals surface area contributed by atoms with Crippen molar-refractivity contribution in [2.24, 2.45) is 17.6 Å². The first kappa shape index (κ1) is 24.8. The number of piperidine rings is 1. The van der Waals surface area contributed by atoms with E-state index in [1.165, 1.54) is 16.4 Å². The fraction of sp³-hybridized carbons (Fsp3) is 0.571. The predicted octanol–water partition coefficient (Wildman–Crippen LogP) is 0.719. The number of nitrogens with two attached hydrogens (primary N) is 1. The highest BCUT2D eigenvalue weighted by atomic mass is 32.2. The first-order chi connectivity index (χ1) is 15.1. The molecule has 2 fully saturated rings. The number of carbonyl (C=O) groups is 1. The van der Waals surface area contributed by atoms with Crippen LogP contribution in [0.3, 0.4) is 0 Å². The van der Waals surface area contributed by atoms with Gasteiger partial charge in [-0.2, -0.15) is 4.31 Å². The zero-order valence-electron chi connectivity index (χ0n) is 18.1. The Bertz CT molecular complexity index is 1020. The molecule has 4 N–H and O–H groups in total. The van der Waals surface area contributed by atoms with Crippen LogP contribution in [0, 0.1) is 11.8 Å². The summed E-state index contributed by atoms with van der Waals surface area (Å²) in [5, 5.41) is 4.17. The Morgan fingerprint density at radius 3 is 2.53 bits per heavy atom. The van der Waals surface area contributed by atoms with Crippen LogP contribution in [0.5, 0.6) is 0 Å². The van der Waals surface area contributed by atoms with E-state index in [-0.39, 0.29) is 23.9 Å². The van der Waals surface area contributed by atoms with Crippen molar-refractivity contribution in [2.45, 2.75) is 36.5 Å². The molecule has 0 aliphatic carbocycles. The number of amides is 1. The normalized spacial score (nSPS) is 23.6. The molecule has 11 heteroatoms. The molecule has 3 unspecified atom stereocenters. The minimum atomic E-state index is -3.71. The molecule has 178 valence electrons. The van der Waals surface area contributed by atoms with Crippen molar-refractivity contribution in [3.05, 3.63) is 41.8 Å². The number of nitrogens with zero attached hydrogens (tertiary/aromatic N) is 1. The molecular weight excluding hydrogens is 452 g/mol. The van der Waals surface area contributed by atoms with Crippen LogP contribution in [0.1, 0.15) is 37.2 Å². The van der Waals surface area contributed by atoms with Crippen molar-refractivity contribution in [3.63, 3.8) is 0 Å². The highest BCUT2D eigenvalue weighted by Crippen LogP contribution is 2.29. The Hall–Kier alpha value is -1.79. The number of hydrogen-bond donors (Lipinski definition) is 3. The molecular formula is C21H32N4O5S2. The van der Waals surface area contributed by atoms with Gasteiger partial charge in [-0.1, -0.05) is 18.7 Å². The smallest absolute Gasteiger partial charge is 0.243 e. The van der Waals surface area contributed by atoms with Gasteiger partial charge < -0.3 is 11.1 Å². The maximum absolute atomic E-state index is 13.0. The third-order valence-corrected chi connectivity index (χ3v) is 9.16. The van der Waals surface area contributed by atoms with Gasteiger partial charge in [-0.15, -0.1) is 0 Å². The van der Waals surface area contributed by atoms with E-state index in [1.54, 1.807) is 12.1 Å². The van der Waals surface area contributed by atoms with Crippen LogP contribution in [-0.4, -0.2) is 59.8 Å². The second-order valence-corrected chi connectivity index (χ2v) is 12.2. The molecule has 1 aromatic carbocycles. The Balaban J connectivity index is 1.66. The molecule has 0 bridgehead atoms. The summed E-state index contributed by atoms with van der Waals surface area (Å²) in [7, 11) is -7.25. The van der Waals surface area contributed by atoms with E-state index >= 15 is 0 Å². The molecule has 2 aliphatic rings. The molecule has 2 heterocycles. The minimum Gasteiger partial charge on any atom is -0.369 e. The fourth-order valence-corrected chi connectivity index (χ4v) is 6.49. The number of sulfonamides is 2. The average molecular weight is 485 g/mol. The van der Waals surface area contributed by atoms with E-state index in [0.717, 1.165) is 36.9 Å². The van der Waals surface area contributed by atoms with Gasteiger partial charge in [0.15, 0.2) is 0 Å². The fourth-order valence-electron chi connectivity index (χ4n) is 4.37. The van der Waals surface area contributed by atoms with Crippen LogP contribution in [0.2, 0.25) is 0 Å². The van der Waals surface area contributed by atoms with E-state index in [1.807, 2.05) is 0 Å². The van der Waals surface area contributed by atoms with Crippen molar-refractivity contribution in [1.82, 2.24) is 14.3 Å². The molecule has 0 radical (unpaired) electrons. The first-order valence-corrected chi connectivity index (χ1v) is 13.8. The Kier molecular flexibility index (Phi) is 8.10. The zero-order valence-corrected chi connectivity index (χ0v) is 19.7. The summed E-state index contributed by atoms with van der Waals surface area (Å²) in [5.41, 5.74) is 6.38. The van der Waals surface area contributed by atoms with Crippen LogP contribution < -0.4 is 15.8 Å².